The fourth-order valence-corrected chi connectivity index (χ4v) is 1.96. The average molecular weight is 259 g/mol. The van der Waals surface area contributed by atoms with Crippen molar-refractivity contribution in [2.75, 3.05) is 47.2 Å². The Kier molecular flexibility index (Phi) is 7.23. The number of amides is 1. The number of nitrogens with zero attached hydrogens (tertiary/aromatic N) is 1. The number of ether oxygens (including phenoxy) is 3. The molecule has 5 nitrogen and oxygen atoms in total. The predicted molar refractivity (Wildman–Crippen MR) is 68.5 cm³/mol. The number of methoxy groups -OCH3 is 2. The van der Waals surface area contributed by atoms with Gasteiger partial charge in [0.2, 0.25) is 5.91 Å². The third kappa shape index (κ3) is 5.33. The van der Waals surface area contributed by atoms with Crippen molar-refractivity contribution >= 4 is 5.91 Å². The van der Waals surface area contributed by atoms with Crippen LogP contribution in [0.15, 0.2) is 0 Å². The number of carbonyl (C=O) groups is 1. The maximum atomic E-state index is 12.1. The third-order valence-corrected chi connectivity index (χ3v) is 3.31. The van der Waals surface area contributed by atoms with Gasteiger partial charge in [0.15, 0.2) is 0 Å². The molecule has 1 amide bonds. The van der Waals surface area contributed by atoms with Crippen LogP contribution in [-0.4, -0.2) is 64.0 Å². The lowest BCUT2D eigenvalue weighted by Gasteiger charge is -2.29. The van der Waals surface area contributed by atoms with Crippen molar-refractivity contribution in [2.24, 2.45) is 5.92 Å². The average Bonchev–Trinajstić information content (AvgIpc) is 3.19. The SMILES string of the molecule is COCCOCC(=O)N(CCOC)C(C)C1CC1. The zero-order valence-corrected chi connectivity index (χ0v) is 11.7. The molecule has 0 radical (unpaired) electrons. The first-order valence-electron chi connectivity index (χ1n) is 6.55. The van der Waals surface area contributed by atoms with E-state index in [1.807, 2.05) is 4.90 Å². The first-order valence-corrected chi connectivity index (χ1v) is 6.55. The fourth-order valence-electron chi connectivity index (χ4n) is 1.96. The van der Waals surface area contributed by atoms with Crippen LogP contribution in [0.1, 0.15) is 19.8 Å². The van der Waals surface area contributed by atoms with Gasteiger partial charge in [0.25, 0.3) is 0 Å². The molecule has 18 heavy (non-hydrogen) atoms. The summed E-state index contributed by atoms with van der Waals surface area (Å²) in [6, 6.07) is 0.290. The van der Waals surface area contributed by atoms with Gasteiger partial charge in [0.05, 0.1) is 19.8 Å². The molecule has 0 spiro atoms. The quantitative estimate of drug-likeness (QED) is 0.547. The number of hydrogen-bond donors (Lipinski definition) is 0. The van der Waals surface area contributed by atoms with Crippen LogP contribution in [0.3, 0.4) is 0 Å². The lowest BCUT2D eigenvalue weighted by atomic mass is 10.2. The largest absolute Gasteiger partial charge is 0.383 e. The molecule has 0 saturated heterocycles. The molecule has 5 heteroatoms. The fraction of sp³-hybridized carbons (Fsp3) is 0.923. The summed E-state index contributed by atoms with van der Waals surface area (Å²) in [5, 5.41) is 0. The van der Waals surface area contributed by atoms with Crippen LogP contribution in [0.25, 0.3) is 0 Å². The molecule has 0 aromatic heterocycles. The molecule has 106 valence electrons. The van der Waals surface area contributed by atoms with E-state index in [9.17, 15) is 4.79 Å². The number of hydrogen-bond acceptors (Lipinski definition) is 4. The van der Waals surface area contributed by atoms with Gasteiger partial charge in [-0.2, -0.15) is 0 Å². The van der Waals surface area contributed by atoms with E-state index in [0.717, 1.165) is 0 Å². The van der Waals surface area contributed by atoms with Gasteiger partial charge in [0, 0.05) is 26.8 Å². The molecule has 0 bridgehead atoms. The standard InChI is InChI=1S/C13H25NO4/c1-11(12-4-5-12)14(6-7-16-2)13(15)10-18-9-8-17-3/h11-12H,4-10H2,1-3H3. The van der Waals surface area contributed by atoms with E-state index in [-0.39, 0.29) is 12.5 Å². The highest BCUT2D eigenvalue weighted by atomic mass is 16.5. The van der Waals surface area contributed by atoms with E-state index < -0.39 is 0 Å². The third-order valence-electron chi connectivity index (χ3n) is 3.31. The Hall–Kier alpha value is -0.650. The van der Waals surface area contributed by atoms with Crippen LogP contribution < -0.4 is 0 Å². The lowest BCUT2D eigenvalue weighted by molar-refractivity contribution is -0.139. The van der Waals surface area contributed by atoms with Crippen LogP contribution in [0.2, 0.25) is 0 Å². The van der Waals surface area contributed by atoms with Crippen molar-refractivity contribution in [3.8, 4) is 0 Å². The molecule has 1 aliphatic carbocycles. The molecule has 1 atom stereocenters. The molecule has 1 unspecified atom stereocenters. The summed E-state index contributed by atoms with van der Waals surface area (Å²) < 4.78 is 15.2. The molecule has 1 fully saturated rings. The van der Waals surface area contributed by atoms with E-state index in [1.165, 1.54) is 12.8 Å². The second kappa shape index (κ2) is 8.45. The first kappa shape index (κ1) is 15.4. The first-order chi connectivity index (χ1) is 8.70. The van der Waals surface area contributed by atoms with Gasteiger partial charge >= 0.3 is 0 Å². The van der Waals surface area contributed by atoms with E-state index in [0.29, 0.717) is 38.3 Å². The second-order valence-electron chi connectivity index (χ2n) is 4.70. The van der Waals surface area contributed by atoms with Crippen molar-refractivity contribution in [3.63, 3.8) is 0 Å². The Balaban J connectivity index is 2.34. The molecule has 1 rings (SSSR count). The summed E-state index contributed by atoms with van der Waals surface area (Å²) in [5.74, 6) is 0.701. The van der Waals surface area contributed by atoms with Crippen molar-refractivity contribution in [1.29, 1.82) is 0 Å². The van der Waals surface area contributed by atoms with Gasteiger partial charge in [-0.3, -0.25) is 4.79 Å². The van der Waals surface area contributed by atoms with Crippen molar-refractivity contribution in [2.45, 2.75) is 25.8 Å². The lowest BCUT2D eigenvalue weighted by Crippen LogP contribution is -2.43. The van der Waals surface area contributed by atoms with Crippen LogP contribution in [0.4, 0.5) is 0 Å². The van der Waals surface area contributed by atoms with Gasteiger partial charge in [-0.1, -0.05) is 0 Å². The van der Waals surface area contributed by atoms with E-state index >= 15 is 0 Å². The smallest absolute Gasteiger partial charge is 0.248 e. The highest BCUT2D eigenvalue weighted by Gasteiger charge is 2.33. The molecule has 0 aromatic carbocycles. The summed E-state index contributed by atoms with van der Waals surface area (Å²) in [4.78, 5) is 14.0. The Bertz CT molecular complexity index is 243. The normalized spacial score (nSPS) is 16.6. The summed E-state index contributed by atoms with van der Waals surface area (Å²) in [5.41, 5.74) is 0. The van der Waals surface area contributed by atoms with Gasteiger partial charge in [-0.25, -0.2) is 0 Å². The van der Waals surface area contributed by atoms with Crippen LogP contribution in [-0.2, 0) is 19.0 Å². The highest BCUT2D eigenvalue weighted by Crippen LogP contribution is 2.35. The minimum atomic E-state index is 0.0440. The monoisotopic (exact) mass is 259 g/mol. The van der Waals surface area contributed by atoms with E-state index in [2.05, 4.69) is 6.92 Å². The van der Waals surface area contributed by atoms with Crippen LogP contribution in [0, 0.1) is 5.92 Å². The van der Waals surface area contributed by atoms with E-state index in [4.69, 9.17) is 14.2 Å². The maximum Gasteiger partial charge on any atom is 0.248 e. The molecule has 1 aliphatic rings. The molecule has 0 heterocycles. The molecule has 1 saturated carbocycles. The number of rotatable bonds is 10. The van der Waals surface area contributed by atoms with Crippen molar-refractivity contribution in [3.05, 3.63) is 0 Å². The Morgan fingerprint density at radius 1 is 1.22 bits per heavy atom. The summed E-state index contributed by atoms with van der Waals surface area (Å²) in [6.45, 7) is 4.42. The summed E-state index contributed by atoms with van der Waals surface area (Å²) in [6.07, 6.45) is 2.45. The second-order valence-corrected chi connectivity index (χ2v) is 4.70. The Morgan fingerprint density at radius 3 is 2.44 bits per heavy atom. The minimum Gasteiger partial charge on any atom is -0.383 e. The van der Waals surface area contributed by atoms with Gasteiger partial charge in [0.1, 0.15) is 6.61 Å². The van der Waals surface area contributed by atoms with E-state index in [1.54, 1.807) is 14.2 Å². The van der Waals surface area contributed by atoms with Crippen molar-refractivity contribution in [1.82, 2.24) is 4.90 Å². The number of carbonyl (C=O) groups excluding carboxylic acids is 1. The molecule has 0 N–H and O–H groups in total. The zero-order chi connectivity index (χ0) is 13.4. The minimum absolute atomic E-state index is 0.0440. The van der Waals surface area contributed by atoms with Crippen LogP contribution in [0.5, 0.6) is 0 Å². The Labute approximate surface area is 109 Å². The maximum absolute atomic E-state index is 12.1. The summed E-state index contributed by atoms with van der Waals surface area (Å²) >= 11 is 0. The summed E-state index contributed by atoms with van der Waals surface area (Å²) in [7, 11) is 3.27. The molecule has 0 aromatic rings. The zero-order valence-electron chi connectivity index (χ0n) is 11.7. The van der Waals surface area contributed by atoms with Gasteiger partial charge in [-0.15, -0.1) is 0 Å². The molecular weight excluding hydrogens is 234 g/mol. The van der Waals surface area contributed by atoms with Crippen molar-refractivity contribution < 1.29 is 19.0 Å². The van der Waals surface area contributed by atoms with Crippen LogP contribution >= 0.6 is 0 Å². The molecule has 0 aliphatic heterocycles. The highest BCUT2D eigenvalue weighted by molar-refractivity contribution is 5.77. The predicted octanol–water partition coefficient (Wildman–Crippen LogP) is 0.923. The molecular formula is C13H25NO4. The van der Waals surface area contributed by atoms with Gasteiger partial charge in [-0.05, 0) is 25.7 Å². The Morgan fingerprint density at radius 2 is 1.89 bits per heavy atom. The topological polar surface area (TPSA) is 48.0 Å². The van der Waals surface area contributed by atoms with Gasteiger partial charge < -0.3 is 19.1 Å².